The number of rotatable bonds is 4. The van der Waals surface area contributed by atoms with Crippen LogP contribution in [0.15, 0.2) is 17.5 Å². The summed E-state index contributed by atoms with van der Waals surface area (Å²) in [7, 11) is 0. The molecule has 112 valence electrons. The molecule has 0 bridgehead atoms. The van der Waals surface area contributed by atoms with Gasteiger partial charge in [-0.2, -0.15) is 0 Å². The van der Waals surface area contributed by atoms with Gasteiger partial charge in [0.15, 0.2) is 23.3 Å². The zero-order chi connectivity index (χ0) is 14.8. The maximum atomic E-state index is 13.9. The Morgan fingerprint density at radius 3 is 2.95 bits per heavy atom. The topological polar surface area (TPSA) is 37.0 Å². The zero-order valence-electron chi connectivity index (χ0n) is 11.7. The van der Waals surface area contributed by atoms with Crippen LogP contribution in [-0.4, -0.2) is 11.5 Å². The molecule has 1 atom stereocenters. The Kier molecular flexibility index (Phi) is 4.05. The Morgan fingerprint density at radius 2 is 2.14 bits per heavy atom. The monoisotopic (exact) mass is 309 g/mol. The minimum atomic E-state index is -0.667. The molecule has 0 spiro atoms. The molecule has 3 nitrogen and oxygen atoms in total. The second kappa shape index (κ2) is 5.97. The van der Waals surface area contributed by atoms with Crippen LogP contribution in [0.25, 0.3) is 0 Å². The van der Waals surface area contributed by atoms with Gasteiger partial charge < -0.3 is 10.6 Å². The van der Waals surface area contributed by atoms with Crippen molar-refractivity contribution >= 4 is 23.0 Å². The van der Waals surface area contributed by atoms with Crippen LogP contribution in [0.4, 0.5) is 20.4 Å². The van der Waals surface area contributed by atoms with E-state index in [1.807, 2.05) is 6.92 Å². The van der Waals surface area contributed by atoms with Gasteiger partial charge in [0, 0.05) is 17.5 Å². The summed E-state index contributed by atoms with van der Waals surface area (Å²) in [6.45, 7) is 2.38. The summed E-state index contributed by atoms with van der Waals surface area (Å²) in [5.74, 6) is -1.13. The van der Waals surface area contributed by atoms with Gasteiger partial charge in [-0.15, -0.1) is 11.3 Å². The second-order valence-corrected chi connectivity index (χ2v) is 6.07. The van der Waals surface area contributed by atoms with Gasteiger partial charge in [-0.1, -0.05) is 0 Å². The van der Waals surface area contributed by atoms with Crippen molar-refractivity contribution in [1.29, 1.82) is 0 Å². The molecule has 2 aromatic rings. The van der Waals surface area contributed by atoms with E-state index in [0.717, 1.165) is 25.3 Å². The third kappa shape index (κ3) is 2.85. The van der Waals surface area contributed by atoms with Crippen molar-refractivity contribution in [3.63, 3.8) is 0 Å². The van der Waals surface area contributed by atoms with Gasteiger partial charge in [0.05, 0.1) is 6.04 Å². The number of nitrogens with one attached hydrogen (secondary N) is 2. The minimum Gasteiger partial charge on any atom is -0.368 e. The Bertz CT molecular complexity index is 642. The van der Waals surface area contributed by atoms with Gasteiger partial charge >= 0.3 is 0 Å². The zero-order valence-corrected chi connectivity index (χ0v) is 12.6. The van der Waals surface area contributed by atoms with E-state index in [1.165, 1.54) is 10.4 Å². The molecule has 6 heteroatoms. The average Bonchev–Trinajstić information content (AvgIpc) is 2.93. The number of hydrogen-bond acceptors (Lipinski definition) is 4. The molecule has 0 saturated heterocycles. The lowest BCUT2D eigenvalue weighted by Crippen LogP contribution is -2.18. The van der Waals surface area contributed by atoms with E-state index in [4.69, 9.17) is 0 Å². The average molecular weight is 309 g/mol. The van der Waals surface area contributed by atoms with Gasteiger partial charge in [-0.05, 0) is 43.2 Å². The lowest BCUT2D eigenvalue weighted by molar-refractivity contribution is 0.565. The number of thiophene rings is 1. The molecule has 1 aliphatic rings. The van der Waals surface area contributed by atoms with Gasteiger partial charge in [-0.25, -0.2) is 13.8 Å². The number of halogens is 2. The molecule has 0 aliphatic heterocycles. The van der Waals surface area contributed by atoms with Crippen molar-refractivity contribution in [3.8, 4) is 0 Å². The predicted octanol–water partition coefficient (Wildman–Crippen LogP) is 4.34. The molecule has 21 heavy (non-hydrogen) atoms. The van der Waals surface area contributed by atoms with Gasteiger partial charge in [0.25, 0.3) is 0 Å². The molecule has 0 aromatic carbocycles. The van der Waals surface area contributed by atoms with Crippen LogP contribution in [0, 0.1) is 11.6 Å². The van der Waals surface area contributed by atoms with Crippen LogP contribution < -0.4 is 10.6 Å². The smallest absolute Gasteiger partial charge is 0.168 e. The third-order valence-electron chi connectivity index (χ3n) is 3.64. The van der Waals surface area contributed by atoms with Crippen LogP contribution in [0.3, 0.4) is 0 Å². The first-order chi connectivity index (χ1) is 10.2. The standard InChI is InChI=1S/C15H17F2N3S/c1-2-18-14-10(16)8-11(17)15(20-14)19-12-4-3-5-13-9(12)6-7-21-13/h6-8,12H,2-5H2,1H3,(H2,18,19,20). The van der Waals surface area contributed by atoms with E-state index in [9.17, 15) is 8.78 Å². The molecule has 0 fully saturated rings. The molecular formula is C15H17F2N3S. The normalized spacial score (nSPS) is 17.4. The highest BCUT2D eigenvalue weighted by Crippen LogP contribution is 2.35. The minimum absolute atomic E-state index is 0.0435. The Morgan fingerprint density at radius 1 is 1.33 bits per heavy atom. The van der Waals surface area contributed by atoms with Crippen LogP contribution in [0.1, 0.15) is 36.2 Å². The third-order valence-corrected chi connectivity index (χ3v) is 4.63. The highest BCUT2D eigenvalue weighted by atomic mass is 32.1. The summed E-state index contributed by atoms with van der Waals surface area (Å²) in [6.07, 6.45) is 3.07. The van der Waals surface area contributed by atoms with Crippen molar-refractivity contribution in [2.45, 2.75) is 32.2 Å². The number of pyridine rings is 1. The molecule has 2 aromatic heterocycles. The predicted molar refractivity (Wildman–Crippen MR) is 81.9 cm³/mol. The summed E-state index contributed by atoms with van der Waals surface area (Å²) in [6, 6.07) is 3.00. The number of nitrogens with zero attached hydrogens (tertiary/aromatic N) is 1. The number of fused-ring (bicyclic) bond motifs is 1. The molecule has 0 amide bonds. The van der Waals surface area contributed by atoms with Crippen molar-refractivity contribution < 1.29 is 8.78 Å². The first-order valence-electron chi connectivity index (χ1n) is 7.11. The molecule has 0 saturated carbocycles. The summed E-state index contributed by atoms with van der Waals surface area (Å²) in [4.78, 5) is 5.39. The fourth-order valence-electron chi connectivity index (χ4n) is 2.66. The van der Waals surface area contributed by atoms with E-state index >= 15 is 0 Å². The summed E-state index contributed by atoms with van der Waals surface area (Å²) < 4.78 is 27.5. The fourth-order valence-corrected chi connectivity index (χ4v) is 3.65. The Balaban J connectivity index is 1.87. The molecule has 2 heterocycles. The SMILES string of the molecule is CCNc1nc(NC2CCCc3sccc32)c(F)cc1F. The quantitative estimate of drug-likeness (QED) is 0.882. The van der Waals surface area contributed by atoms with Gasteiger partial charge in [-0.3, -0.25) is 0 Å². The van der Waals surface area contributed by atoms with Crippen LogP contribution in [0.5, 0.6) is 0 Å². The molecule has 2 N–H and O–H groups in total. The van der Waals surface area contributed by atoms with Crippen LogP contribution in [0.2, 0.25) is 0 Å². The molecule has 3 rings (SSSR count). The highest BCUT2D eigenvalue weighted by Gasteiger charge is 2.23. The van der Waals surface area contributed by atoms with E-state index in [0.29, 0.717) is 6.54 Å². The molecular weight excluding hydrogens is 292 g/mol. The molecule has 0 radical (unpaired) electrons. The fraction of sp³-hybridized carbons (Fsp3) is 0.400. The largest absolute Gasteiger partial charge is 0.368 e. The summed E-state index contributed by atoms with van der Waals surface area (Å²) in [5.41, 5.74) is 1.21. The summed E-state index contributed by atoms with van der Waals surface area (Å²) >= 11 is 1.73. The van der Waals surface area contributed by atoms with E-state index in [1.54, 1.807) is 11.3 Å². The van der Waals surface area contributed by atoms with E-state index in [-0.39, 0.29) is 17.7 Å². The maximum Gasteiger partial charge on any atom is 0.168 e. The van der Waals surface area contributed by atoms with Crippen molar-refractivity contribution in [2.24, 2.45) is 0 Å². The maximum absolute atomic E-state index is 13.9. The number of aromatic nitrogens is 1. The lowest BCUT2D eigenvalue weighted by Gasteiger charge is -2.24. The first kappa shape index (κ1) is 14.3. The van der Waals surface area contributed by atoms with Crippen LogP contribution >= 0.6 is 11.3 Å². The van der Waals surface area contributed by atoms with E-state index in [2.05, 4.69) is 27.1 Å². The van der Waals surface area contributed by atoms with Gasteiger partial charge in [0.1, 0.15) is 0 Å². The number of anilines is 2. The van der Waals surface area contributed by atoms with E-state index < -0.39 is 11.6 Å². The van der Waals surface area contributed by atoms with Crippen molar-refractivity contribution in [2.75, 3.05) is 17.2 Å². The molecule has 1 aliphatic carbocycles. The summed E-state index contributed by atoms with van der Waals surface area (Å²) in [5, 5.41) is 7.99. The van der Waals surface area contributed by atoms with Gasteiger partial charge in [0.2, 0.25) is 0 Å². The lowest BCUT2D eigenvalue weighted by atomic mass is 9.94. The number of aryl methyl sites for hydroxylation is 1. The Hall–Kier alpha value is -1.69. The van der Waals surface area contributed by atoms with Crippen LogP contribution in [-0.2, 0) is 6.42 Å². The van der Waals surface area contributed by atoms with Crippen molar-refractivity contribution in [3.05, 3.63) is 39.6 Å². The second-order valence-electron chi connectivity index (χ2n) is 5.07. The highest BCUT2D eigenvalue weighted by molar-refractivity contribution is 7.10. The van der Waals surface area contributed by atoms with Crippen molar-refractivity contribution in [1.82, 2.24) is 4.98 Å². The number of hydrogen-bond donors (Lipinski definition) is 2. The molecule has 1 unspecified atom stereocenters. The Labute approximate surface area is 126 Å². The first-order valence-corrected chi connectivity index (χ1v) is 7.99.